The van der Waals surface area contributed by atoms with Crippen molar-refractivity contribution in [3.63, 3.8) is 0 Å². The normalized spacial score (nSPS) is 41.8. The molecular weight excluding hydrogens is 192 g/mol. The van der Waals surface area contributed by atoms with Crippen molar-refractivity contribution >= 4 is 0 Å². The fourth-order valence-corrected chi connectivity index (χ4v) is 2.18. The van der Waals surface area contributed by atoms with E-state index in [0.29, 0.717) is 24.4 Å². The highest BCUT2D eigenvalue weighted by molar-refractivity contribution is 4.82. The van der Waals surface area contributed by atoms with Crippen LogP contribution in [0.4, 0.5) is 0 Å². The summed E-state index contributed by atoms with van der Waals surface area (Å²) in [7, 11) is 1.71. The molecule has 2 unspecified atom stereocenters. The first kappa shape index (κ1) is 12.9. The van der Waals surface area contributed by atoms with Crippen LogP contribution in [0.25, 0.3) is 0 Å². The van der Waals surface area contributed by atoms with Crippen LogP contribution in [0.1, 0.15) is 27.7 Å². The average molecular weight is 216 g/mol. The summed E-state index contributed by atoms with van der Waals surface area (Å²) in [4.78, 5) is 0. The van der Waals surface area contributed by atoms with Gasteiger partial charge in [0.15, 0.2) is 6.29 Å². The molecule has 0 spiro atoms. The molecule has 1 heterocycles. The number of ether oxygens (including phenoxy) is 3. The molecule has 0 aromatic carbocycles. The largest absolute Gasteiger partial charge is 0.379 e. The lowest BCUT2D eigenvalue weighted by molar-refractivity contribution is -0.246. The summed E-state index contributed by atoms with van der Waals surface area (Å²) >= 11 is 0. The Morgan fingerprint density at radius 2 is 1.73 bits per heavy atom. The second-order valence-electron chi connectivity index (χ2n) is 4.52. The second-order valence-corrected chi connectivity index (χ2v) is 4.52. The minimum atomic E-state index is -0.0818. The van der Waals surface area contributed by atoms with E-state index < -0.39 is 0 Å². The van der Waals surface area contributed by atoms with Crippen molar-refractivity contribution in [2.45, 2.75) is 40.1 Å². The maximum absolute atomic E-state index is 5.89. The van der Waals surface area contributed by atoms with Gasteiger partial charge in [-0.2, -0.15) is 0 Å². The van der Waals surface area contributed by atoms with Gasteiger partial charge in [0.25, 0.3) is 0 Å². The topological polar surface area (TPSA) is 27.7 Å². The van der Waals surface area contributed by atoms with E-state index in [1.807, 2.05) is 6.92 Å². The third-order valence-corrected chi connectivity index (χ3v) is 3.70. The molecule has 0 radical (unpaired) electrons. The predicted molar refractivity (Wildman–Crippen MR) is 59.7 cm³/mol. The number of hydrogen-bond acceptors (Lipinski definition) is 3. The maximum Gasteiger partial charge on any atom is 0.160 e. The van der Waals surface area contributed by atoms with E-state index in [1.54, 1.807) is 7.11 Å². The van der Waals surface area contributed by atoms with Crippen molar-refractivity contribution in [2.24, 2.45) is 17.8 Å². The molecule has 0 aromatic rings. The predicted octanol–water partition coefficient (Wildman–Crippen LogP) is 2.30. The van der Waals surface area contributed by atoms with Crippen LogP contribution in [0.3, 0.4) is 0 Å². The van der Waals surface area contributed by atoms with Crippen LogP contribution in [-0.4, -0.2) is 32.7 Å². The molecule has 1 aliphatic heterocycles. The van der Waals surface area contributed by atoms with E-state index in [0.717, 1.165) is 6.61 Å². The lowest BCUT2D eigenvalue weighted by Crippen LogP contribution is -2.47. The van der Waals surface area contributed by atoms with E-state index in [4.69, 9.17) is 14.2 Å². The van der Waals surface area contributed by atoms with Crippen LogP contribution in [0.5, 0.6) is 0 Å². The minimum absolute atomic E-state index is 0.0818. The molecule has 1 saturated heterocycles. The molecular formula is C12H24O3. The van der Waals surface area contributed by atoms with Crippen LogP contribution in [0.15, 0.2) is 0 Å². The van der Waals surface area contributed by atoms with Crippen molar-refractivity contribution in [3.8, 4) is 0 Å². The highest BCUT2D eigenvalue weighted by atomic mass is 16.7. The van der Waals surface area contributed by atoms with Crippen LogP contribution >= 0.6 is 0 Å². The van der Waals surface area contributed by atoms with Gasteiger partial charge in [0.2, 0.25) is 0 Å². The molecule has 90 valence electrons. The van der Waals surface area contributed by atoms with Gasteiger partial charge in [0, 0.05) is 19.6 Å². The Hall–Kier alpha value is -0.120. The third kappa shape index (κ3) is 2.92. The Bertz CT molecular complexity index is 182. The van der Waals surface area contributed by atoms with Crippen molar-refractivity contribution in [1.29, 1.82) is 0 Å². The zero-order valence-electron chi connectivity index (χ0n) is 10.5. The zero-order valence-corrected chi connectivity index (χ0v) is 10.5. The second kappa shape index (κ2) is 5.83. The van der Waals surface area contributed by atoms with Crippen LogP contribution in [-0.2, 0) is 14.2 Å². The molecule has 0 N–H and O–H groups in total. The third-order valence-electron chi connectivity index (χ3n) is 3.70. The van der Waals surface area contributed by atoms with Gasteiger partial charge in [-0.25, -0.2) is 0 Å². The first-order valence-corrected chi connectivity index (χ1v) is 5.87. The quantitative estimate of drug-likeness (QED) is 0.721. The molecule has 1 fully saturated rings. The smallest absolute Gasteiger partial charge is 0.160 e. The molecule has 0 bridgehead atoms. The van der Waals surface area contributed by atoms with E-state index >= 15 is 0 Å². The molecule has 1 rings (SSSR count). The highest BCUT2D eigenvalue weighted by Gasteiger charge is 2.39. The summed E-state index contributed by atoms with van der Waals surface area (Å²) < 4.78 is 16.7. The van der Waals surface area contributed by atoms with Gasteiger partial charge in [0.05, 0.1) is 12.7 Å². The number of methoxy groups -OCH3 is 1. The van der Waals surface area contributed by atoms with E-state index in [-0.39, 0.29) is 12.4 Å². The molecule has 5 atom stereocenters. The van der Waals surface area contributed by atoms with Gasteiger partial charge < -0.3 is 14.2 Å². The fraction of sp³-hybridized carbons (Fsp3) is 1.00. The van der Waals surface area contributed by atoms with Crippen LogP contribution in [0.2, 0.25) is 0 Å². The van der Waals surface area contributed by atoms with E-state index in [1.165, 1.54) is 0 Å². The van der Waals surface area contributed by atoms with Gasteiger partial charge in [-0.15, -0.1) is 0 Å². The molecule has 0 amide bonds. The SMILES string of the molecule is CCOCC1O[C@@H](OC)C(C)[C@@H](C)[C@H]1C. The van der Waals surface area contributed by atoms with Gasteiger partial charge >= 0.3 is 0 Å². The standard InChI is InChI=1S/C12H24O3/c1-6-14-7-11-9(3)8(2)10(4)12(13-5)15-11/h8-12H,6-7H2,1-5H3/t8-,9+,10?,11?,12+/m0/s1. The van der Waals surface area contributed by atoms with Gasteiger partial charge in [0.1, 0.15) is 0 Å². The Morgan fingerprint density at radius 1 is 1.07 bits per heavy atom. The Kier molecular flexibility index (Phi) is 5.03. The minimum Gasteiger partial charge on any atom is -0.379 e. The molecule has 3 nitrogen and oxygen atoms in total. The van der Waals surface area contributed by atoms with Gasteiger partial charge in [-0.3, -0.25) is 0 Å². The summed E-state index contributed by atoms with van der Waals surface area (Å²) in [5.41, 5.74) is 0. The molecule has 3 heteroatoms. The first-order valence-electron chi connectivity index (χ1n) is 5.87. The lowest BCUT2D eigenvalue weighted by atomic mass is 9.79. The van der Waals surface area contributed by atoms with Gasteiger partial charge in [-0.05, 0) is 18.8 Å². The Labute approximate surface area is 93.1 Å². The summed E-state index contributed by atoms with van der Waals surface area (Å²) in [6.07, 6.45) is 0.0859. The maximum atomic E-state index is 5.89. The van der Waals surface area contributed by atoms with Crippen LogP contribution in [0, 0.1) is 17.8 Å². The van der Waals surface area contributed by atoms with Crippen LogP contribution < -0.4 is 0 Å². The van der Waals surface area contributed by atoms with Gasteiger partial charge in [-0.1, -0.05) is 20.8 Å². The molecule has 1 aliphatic rings. The molecule has 0 aromatic heterocycles. The molecule has 0 aliphatic carbocycles. The molecule has 15 heavy (non-hydrogen) atoms. The lowest BCUT2D eigenvalue weighted by Gasteiger charge is -2.42. The van der Waals surface area contributed by atoms with E-state index in [9.17, 15) is 0 Å². The van der Waals surface area contributed by atoms with E-state index in [2.05, 4.69) is 20.8 Å². The highest BCUT2D eigenvalue weighted by Crippen LogP contribution is 2.35. The number of rotatable bonds is 4. The average Bonchev–Trinajstić information content (AvgIpc) is 2.25. The fourth-order valence-electron chi connectivity index (χ4n) is 2.18. The molecule has 0 saturated carbocycles. The van der Waals surface area contributed by atoms with Crippen molar-refractivity contribution in [1.82, 2.24) is 0 Å². The summed E-state index contributed by atoms with van der Waals surface area (Å²) in [6, 6.07) is 0. The Morgan fingerprint density at radius 3 is 2.27 bits per heavy atom. The summed E-state index contributed by atoms with van der Waals surface area (Å²) in [6.45, 7) is 10.1. The first-order chi connectivity index (χ1) is 7.11. The monoisotopic (exact) mass is 216 g/mol. The Balaban J connectivity index is 2.57. The number of hydrogen-bond donors (Lipinski definition) is 0. The van der Waals surface area contributed by atoms with Crippen molar-refractivity contribution in [2.75, 3.05) is 20.3 Å². The van der Waals surface area contributed by atoms with Crippen molar-refractivity contribution in [3.05, 3.63) is 0 Å². The zero-order chi connectivity index (χ0) is 11.4. The summed E-state index contributed by atoms with van der Waals surface area (Å²) in [5, 5.41) is 0. The van der Waals surface area contributed by atoms with Crippen molar-refractivity contribution < 1.29 is 14.2 Å². The summed E-state index contributed by atoms with van der Waals surface area (Å²) in [5.74, 6) is 1.58.